The molecule has 5 nitrogen and oxygen atoms in total. The van der Waals surface area contributed by atoms with E-state index in [0.29, 0.717) is 12.1 Å². The molecule has 0 aromatic carbocycles. The third-order valence-corrected chi connectivity index (χ3v) is 5.08. The van der Waals surface area contributed by atoms with Crippen molar-refractivity contribution in [3.8, 4) is 0 Å². The molecule has 1 saturated carbocycles. The van der Waals surface area contributed by atoms with Crippen molar-refractivity contribution in [2.75, 3.05) is 13.6 Å². The fraction of sp³-hybridized carbons (Fsp3) is 0.600. The summed E-state index contributed by atoms with van der Waals surface area (Å²) in [7, 11) is 2.16. The molecule has 2 heterocycles. The van der Waals surface area contributed by atoms with Crippen LogP contribution < -0.4 is 5.32 Å². The SMILES string of the molecule is CC(c1cccs1)N(C)CCn1cc(CNC2CC2)nn1. The van der Waals surface area contributed by atoms with Gasteiger partial charge in [0.1, 0.15) is 0 Å². The van der Waals surface area contributed by atoms with Gasteiger partial charge in [-0.3, -0.25) is 9.58 Å². The van der Waals surface area contributed by atoms with Gasteiger partial charge in [0.05, 0.1) is 12.2 Å². The molecule has 6 heteroatoms. The van der Waals surface area contributed by atoms with Crippen LogP contribution in [0.2, 0.25) is 0 Å². The lowest BCUT2D eigenvalue weighted by Crippen LogP contribution is -2.26. The van der Waals surface area contributed by atoms with Crippen molar-refractivity contribution in [3.05, 3.63) is 34.3 Å². The largest absolute Gasteiger partial charge is 0.308 e. The van der Waals surface area contributed by atoms with Crippen LogP contribution in [0.25, 0.3) is 0 Å². The van der Waals surface area contributed by atoms with Crippen LogP contribution in [0.3, 0.4) is 0 Å². The lowest BCUT2D eigenvalue weighted by Gasteiger charge is -2.23. The first-order chi connectivity index (χ1) is 10.2. The number of hydrogen-bond acceptors (Lipinski definition) is 5. The summed E-state index contributed by atoms with van der Waals surface area (Å²) in [5, 5.41) is 14.0. The third kappa shape index (κ3) is 4.12. The molecule has 1 aliphatic rings. The van der Waals surface area contributed by atoms with Gasteiger partial charge in [-0.05, 0) is 38.3 Å². The monoisotopic (exact) mass is 305 g/mol. The molecule has 2 aromatic heterocycles. The van der Waals surface area contributed by atoms with Crippen molar-refractivity contribution in [2.24, 2.45) is 0 Å². The van der Waals surface area contributed by atoms with Crippen LogP contribution >= 0.6 is 11.3 Å². The average Bonchev–Trinajstić information content (AvgIpc) is 2.99. The van der Waals surface area contributed by atoms with E-state index in [-0.39, 0.29) is 0 Å². The van der Waals surface area contributed by atoms with E-state index in [9.17, 15) is 0 Å². The first-order valence-corrected chi connectivity index (χ1v) is 8.46. The maximum absolute atomic E-state index is 4.22. The predicted octanol–water partition coefficient (Wildman–Crippen LogP) is 2.28. The highest BCUT2D eigenvalue weighted by molar-refractivity contribution is 7.10. The summed E-state index contributed by atoms with van der Waals surface area (Å²) < 4.78 is 1.95. The van der Waals surface area contributed by atoms with E-state index in [1.807, 2.05) is 16.0 Å². The summed E-state index contributed by atoms with van der Waals surface area (Å²) in [6.07, 6.45) is 4.66. The lowest BCUT2D eigenvalue weighted by atomic mass is 10.2. The van der Waals surface area contributed by atoms with E-state index in [2.05, 4.69) is 58.2 Å². The van der Waals surface area contributed by atoms with Crippen LogP contribution in [0.1, 0.15) is 36.4 Å². The van der Waals surface area contributed by atoms with Gasteiger partial charge in [-0.2, -0.15) is 0 Å². The van der Waals surface area contributed by atoms with E-state index < -0.39 is 0 Å². The van der Waals surface area contributed by atoms with Crippen molar-refractivity contribution < 1.29 is 0 Å². The molecule has 1 atom stereocenters. The van der Waals surface area contributed by atoms with Gasteiger partial charge in [-0.25, -0.2) is 0 Å². The van der Waals surface area contributed by atoms with Gasteiger partial charge >= 0.3 is 0 Å². The zero-order chi connectivity index (χ0) is 14.7. The molecule has 0 saturated heterocycles. The summed E-state index contributed by atoms with van der Waals surface area (Å²) in [6.45, 7) is 4.94. The lowest BCUT2D eigenvalue weighted by molar-refractivity contribution is 0.249. The molecule has 21 heavy (non-hydrogen) atoms. The standard InChI is InChI=1S/C15H23N5S/c1-12(15-4-3-9-21-15)19(2)7-8-20-11-14(17-18-20)10-16-13-5-6-13/h3-4,9,11-13,16H,5-8,10H2,1-2H3. The first kappa shape index (κ1) is 14.7. The molecule has 0 bridgehead atoms. The second-order valence-electron chi connectivity index (χ2n) is 5.80. The minimum absolute atomic E-state index is 0.449. The van der Waals surface area contributed by atoms with Gasteiger partial charge in [0, 0.05) is 36.2 Å². The fourth-order valence-corrected chi connectivity index (χ4v) is 3.11. The van der Waals surface area contributed by atoms with Gasteiger partial charge in [0.2, 0.25) is 0 Å². The van der Waals surface area contributed by atoms with Gasteiger partial charge in [0.25, 0.3) is 0 Å². The zero-order valence-corrected chi connectivity index (χ0v) is 13.5. The highest BCUT2D eigenvalue weighted by atomic mass is 32.1. The van der Waals surface area contributed by atoms with E-state index in [1.54, 1.807) is 0 Å². The minimum atomic E-state index is 0.449. The normalized spacial score (nSPS) is 16.5. The highest BCUT2D eigenvalue weighted by Crippen LogP contribution is 2.23. The number of nitrogens with one attached hydrogen (secondary N) is 1. The Morgan fingerprint density at radius 3 is 3.10 bits per heavy atom. The number of aromatic nitrogens is 3. The van der Waals surface area contributed by atoms with Crippen LogP contribution in [0.4, 0.5) is 0 Å². The number of thiophene rings is 1. The maximum atomic E-state index is 4.22. The Morgan fingerprint density at radius 1 is 1.52 bits per heavy atom. The molecule has 1 fully saturated rings. The summed E-state index contributed by atoms with van der Waals surface area (Å²) in [5.41, 5.74) is 1.04. The molecular formula is C15H23N5S. The quantitative estimate of drug-likeness (QED) is 0.813. The molecule has 3 rings (SSSR count). The number of likely N-dealkylation sites (N-methyl/N-ethyl adjacent to an activating group) is 1. The molecule has 1 N–H and O–H groups in total. The summed E-state index contributed by atoms with van der Waals surface area (Å²) >= 11 is 1.82. The fourth-order valence-electron chi connectivity index (χ4n) is 2.27. The van der Waals surface area contributed by atoms with Crippen molar-refractivity contribution in [3.63, 3.8) is 0 Å². The molecular weight excluding hydrogens is 282 g/mol. The van der Waals surface area contributed by atoms with Crippen LogP contribution in [0.5, 0.6) is 0 Å². The Morgan fingerprint density at radius 2 is 2.38 bits per heavy atom. The Bertz CT molecular complexity index is 546. The van der Waals surface area contributed by atoms with Gasteiger partial charge in [-0.1, -0.05) is 11.3 Å². The number of hydrogen-bond donors (Lipinski definition) is 1. The van der Waals surface area contributed by atoms with E-state index in [0.717, 1.165) is 25.3 Å². The maximum Gasteiger partial charge on any atom is 0.0964 e. The van der Waals surface area contributed by atoms with Crippen LogP contribution in [0, 0.1) is 0 Å². The average molecular weight is 305 g/mol. The van der Waals surface area contributed by atoms with Crippen LogP contribution in [-0.4, -0.2) is 39.5 Å². The molecule has 1 aliphatic carbocycles. The Kier molecular flexibility index (Phi) is 4.67. The van der Waals surface area contributed by atoms with Crippen LogP contribution in [0.15, 0.2) is 23.7 Å². The minimum Gasteiger partial charge on any atom is -0.308 e. The molecule has 0 spiro atoms. The molecule has 114 valence electrons. The van der Waals surface area contributed by atoms with Gasteiger partial charge in [0.15, 0.2) is 0 Å². The molecule has 1 unspecified atom stereocenters. The van der Waals surface area contributed by atoms with E-state index >= 15 is 0 Å². The smallest absolute Gasteiger partial charge is 0.0964 e. The summed E-state index contributed by atoms with van der Waals surface area (Å²) in [6, 6.07) is 5.47. The van der Waals surface area contributed by atoms with Gasteiger partial charge < -0.3 is 5.32 Å². The summed E-state index contributed by atoms with van der Waals surface area (Å²) in [5.74, 6) is 0. The molecule has 0 radical (unpaired) electrons. The highest BCUT2D eigenvalue weighted by Gasteiger charge is 2.20. The van der Waals surface area contributed by atoms with Crippen molar-refractivity contribution in [1.82, 2.24) is 25.2 Å². The Balaban J connectivity index is 1.45. The number of rotatable bonds is 8. The molecule has 2 aromatic rings. The Hall–Kier alpha value is -1.24. The number of nitrogens with zero attached hydrogens (tertiary/aromatic N) is 4. The predicted molar refractivity (Wildman–Crippen MR) is 85.2 cm³/mol. The van der Waals surface area contributed by atoms with Crippen LogP contribution in [-0.2, 0) is 13.1 Å². The van der Waals surface area contributed by atoms with Crippen molar-refractivity contribution in [2.45, 2.75) is 44.9 Å². The second kappa shape index (κ2) is 6.68. The summed E-state index contributed by atoms with van der Waals surface area (Å²) in [4.78, 5) is 3.76. The van der Waals surface area contributed by atoms with Gasteiger partial charge in [-0.15, -0.1) is 16.4 Å². The zero-order valence-electron chi connectivity index (χ0n) is 12.7. The second-order valence-corrected chi connectivity index (χ2v) is 6.78. The molecule has 0 amide bonds. The van der Waals surface area contributed by atoms with E-state index in [1.165, 1.54) is 17.7 Å². The first-order valence-electron chi connectivity index (χ1n) is 7.58. The Labute approximate surface area is 130 Å². The van der Waals surface area contributed by atoms with Crippen molar-refractivity contribution >= 4 is 11.3 Å². The third-order valence-electron chi connectivity index (χ3n) is 4.03. The van der Waals surface area contributed by atoms with Crippen molar-refractivity contribution in [1.29, 1.82) is 0 Å². The topological polar surface area (TPSA) is 46.0 Å². The molecule has 0 aliphatic heterocycles. The van der Waals surface area contributed by atoms with E-state index in [4.69, 9.17) is 0 Å².